The van der Waals surface area contributed by atoms with Gasteiger partial charge in [-0.05, 0) is 18.8 Å². The molecule has 90 valence electrons. The van der Waals surface area contributed by atoms with Gasteiger partial charge < -0.3 is 0 Å². The lowest BCUT2D eigenvalue weighted by Crippen LogP contribution is -2.41. The van der Waals surface area contributed by atoms with Crippen molar-refractivity contribution in [2.45, 2.75) is 43.5 Å². The summed E-state index contributed by atoms with van der Waals surface area (Å²) in [6, 6.07) is 0. The number of hydrogen-bond donors (Lipinski definition) is 0. The fraction of sp³-hybridized carbons (Fsp3) is 1.00. The van der Waals surface area contributed by atoms with Crippen LogP contribution in [0.4, 0.5) is 13.2 Å². The quantitative estimate of drug-likeness (QED) is 0.719. The van der Waals surface area contributed by atoms with Crippen molar-refractivity contribution in [3.05, 3.63) is 0 Å². The Balaban J connectivity index is 2.91. The van der Waals surface area contributed by atoms with Gasteiger partial charge in [0.1, 0.15) is 0 Å². The van der Waals surface area contributed by atoms with Gasteiger partial charge in [0.2, 0.25) is 9.05 Å². The van der Waals surface area contributed by atoms with Crippen LogP contribution in [0.3, 0.4) is 0 Å². The molecule has 0 heterocycles. The van der Waals surface area contributed by atoms with Crippen molar-refractivity contribution < 1.29 is 21.6 Å². The Kier molecular flexibility index (Phi) is 3.92. The largest absolute Gasteiger partial charge is 0.407 e. The van der Waals surface area contributed by atoms with Crippen molar-refractivity contribution >= 4 is 19.7 Å². The monoisotopic (exact) mass is 264 g/mol. The van der Waals surface area contributed by atoms with Crippen LogP contribution in [0.5, 0.6) is 0 Å². The molecule has 0 aliphatic heterocycles. The van der Waals surface area contributed by atoms with Gasteiger partial charge in [0, 0.05) is 10.7 Å². The van der Waals surface area contributed by atoms with Crippen molar-refractivity contribution in [2.75, 3.05) is 0 Å². The summed E-state index contributed by atoms with van der Waals surface area (Å²) in [5, 5.41) is -2.40. The molecular weight excluding hydrogens is 253 g/mol. The van der Waals surface area contributed by atoms with Crippen molar-refractivity contribution in [1.29, 1.82) is 0 Å². The SMILES string of the molecule is O=S(=O)(Cl)C(C1CCCCC1)C(F)(F)F. The second-order valence-corrected chi connectivity index (χ2v) is 6.59. The first-order valence-corrected chi connectivity index (χ1v) is 7.10. The Morgan fingerprint density at radius 2 is 1.60 bits per heavy atom. The standard InChI is InChI=1S/C8H12ClF3O2S/c9-15(13,14)7(8(10,11)12)6-4-2-1-3-5-6/h6-7H,1-5H2. The molecule has 0 spiro atoms. The Morgan fingerprint density at radius 1 is 1.13 bits per heavy atom. The minimum absolute atomic E-state index is 0.288. The van der Waals surface area contributed by atoms with Crippen LogP contribution in [0, 0.1) is 5.92 Å². The minimum Gasteiger partial charge on any atom is -0.212 e. The first-order chi connectivity index (χ1) is 6.73. The van der Waals surface area contributed by atoms with Gasteiger partial charge in [0.05, 0.1) is 0 Å². The maximum Gasteiger partial charge on any atom is 0.407 e. The average molecular weight is 265 g/mol. The third-order valence-electron chi connectivity index (χ3n) is 2.70. The van der Waals surface area contributed by atoms with Gasteiger partial charge in [-0.1, -0.05) is 19.3 Å². The lowest BCUT2D eigenvalue weighted by Gasteiger charge is -2.29. The fourth-order valence-electron chi connectivity index (χ4n) is 2.09. The van der Waals surface area contributed by atoms with Crippen LogP contribution < -0.4 is 0 Å². The molecule has 1 rings (SSSR count). The van der Waals surface area contributed by atoms with E-state index in [2.05, 4.69) is 0 Å². The zero-order valence-electron chi connectivity index (χ0n) is 7.93. The summed E-state index contributed by atoms with van der Waals surface area (Å²) in [7, 11) is 0.294. The lowest BCUT2D eigenvalue weighted by atomic mass is 9.86. The first-order valence-electron chi connectivity index (χ1n) is 4.73. The second kappa shape index (κ2) is 4.49. The van der Waals surface area contributed by atoms with Crippen LogP contribution in [0.2, 0.25) is 0 Å². The maximum atomic E-state index is 12.5. The number of rotatable bonds is 2. The molecule has 1 fully saturated rings. The van der Waals surface area contributed by atoms with Gasteiger partial charge in [0.25, 0.3) is 0 Å². The van der Waals surface area contributed by atoms with E-state index in [1.54, 1.807) is 0 Å². The predicted octanol–water partition coefficient (Wildman–Crippen LogP) is 3.07. The van der Waals surface area contributed by atoms with Gasteiger partial charge in [-0.2, -0.15) is 13.2 Å². The summed E-state index contributed by atoms with van der Waals surface area (Å²) in [6.07, 6.45) is -2.04. The number of hydrogen-bond acceptors (Lipinski definition) is 2. The molecule has 1 unspecified atom stereocenters. The third kappa shape index (κ3) is 3.52. The molecule has 7 heteroatoms. The van der Waals surface area contributed by atoms with Crippen LogP contribution in [-0.2, 0) is 9.05 Å². The highest BCUT2D eigenvalue weighted by atomic mass is 35.7. The summed E-state index contributed by atoms with van der Waals surface area (Å²) in [5.41, 5.74) is 0. The highest BCUT2D eigenvalue weighted by Gasteiger charge is 2.52. The van der Waals surface area contributed by atoms with E-state index in [0.717, 1.165) is 6.42 Å². The van der Waals surface area contributed by atoms with Crippen LogP contribution in [0.15, 0.2) is 0 Å². The van der Waals surface area contributed by atoms with E-state index in [9.17, 15) is 21.6 Å². The van der Waals surface area contributed by atoms with E-state index in [-0.39, 0.29) is 12.8 Å². The molecular formula is C8H12ClF3O2S. The van der Waals surface area contributed by atoms with Gasteiger partial charge in [-0.15, -0.1) is 0 Å². The molecule has 1 atom stereocenters. The van der Waals surface area contributed by atoms with Crippen molar-refractivity contribution in [1.82, 2.24) is 0 Å². The Bertz CT molecular complexity index is 306. The van der Waals surface area contributed by atoms with Gasteiger partial charge >= 0.3 is 6.18 Å². The number of alkyl halides is 3. The number of halogens is 4. The fourth-order valence-corrected chi connectivity index (χ4v) is 3.88. The molecule has 0 amide bonds. The predicted molar refractivity (Wildman–Crippen MR) is 51.2 cm³/mol. The van der Waals surface area contributed by atoms with E-state index in [1.165, 1.54) is 0 Å². The Hall–Kier alpha value is 0.0300. The zero-order chi connectivity index (χ0) is 11.7. The van der Waals surface area contributed by atoms with Gasteiger partial charge in [0.15, 0.2) is 5.25 Å². The van der Waals surface area contributed by atoms with Crippen molar-refractivity contribution in [2.24, 2.45) is 5.92 Å². The molecule has 0 aromatic rings. The highest BCUT2D eigenvalue weighted by Crippen LogP contribution is 2.39. The summed E-state index contributed by atoms with van der Waals surface area (Å²) in [6.45, 7) is 0. The molecule has 0 aromatic heterocycles. The Morgan fingerprint density at radius 3 is 1.93 bits per heavy atom. The highest BCUT2D eigenvalue weighted by molar-refractivity contribution is 8.14. The smallest absolute Gasteiger partial charge is 0.212 e. The molecule has 0 radical (unpaired) electrons. The van der Waals surface area contributed by atoms with E-state index in [1.807, 2.05) is 0 Å². The topological polar surface area (TPSA) is 34.1 Å². The van der Waals surface area contributed by atoms with E-state index < -0.39 is 26.4 Å². The molecule has 2 nitrogen and oxygen atoms in total. The van der Waals surface area contributed by atoms with Crippen LogP contribution in [0.1, 0.15) is 32.1 Å². The maximum absolute atomic E-state index is 12.5. The molecule has 1 aliphatic carbocycles. The summed E-state index contributed by atoms with van der Waals surface area (Å²) in [4.78, 5) is 0. The van der Waals surface area contributed by atoms with Crippen molar-refractivity contribution in [3.63, 3.8) is 0 Å². The summed E-state index contributed by atoms with van der Waals surface area (Å²) >= 11 is 0. The van der Waals surface area contributed by atoms with Crippen LogP contribution in [0.25, 0.3) is 0 Å². The van der Waals surface area contributed by atoms with Gasteiger partial charge in [-0.3, -0.25) is 0 Å². The Labute approximate surface area is 91.2 Å². The van der Waals surface area contributed by atoms with E-state index in [0.29, 0.717) is 12.8 Å². The normalized spacial score (nSPS) is 22.7. The zero-order valence-corrected chi connectivity index (χ0v) is 9.50. The van der Waals surface area contributed by atoms with Crippen LogP contribution >= 0.6 is 10.7 Å². The van der Waals surface area contributed by atoms with E-state index >= 15 is 0 Å². The van der Waals surface area contributed by atoms with E-state index in [4.69, 9.17) is 10.7 Å². The molecule has 0 N–H and O–H groups in total. The average Bonchev–Trinajstić information content (AvgIpc) is 2.00. The lowest BCUT2D eigenvalue weighted by molar-refractivity contribution is -0.141. The third-order valence-corrected chi connectivity index (χ3v) is 4.54. The molecule has 15 heavy (non-hydrogen) atoms. The molecule has 0 aromatic carbocycles. The minimum atomic E-state index is -4.76. The second-order valence-electron chi connectivity index (χ2n) is 3.84. The summed E-state index contributed by atoms with van der Waals surface area (Å²) < 4.78 is 59.5. The van der Waals surface area contributed by atoms with Gasteiger partial charge in [-0.25, -0.2) is 8.42 Å². The summed E-state index contributed by atoms with van der Waals surface area (Å²) in [5.74, 6) is -0.874. The molecule has 1 aliphatic rings. The van der Waals surface area contributed by atoms with Crippen LogP contribution in [-0.4, -0.2) is 19.8 Å². The van der Waals surface area contributed by atoms with Crippen molar-refractivity contribution in [3.8, 4) is 0 Å². The molecule has 0 bridgehead atoms. The molecule has 1 saturated carbocycles. The first kappa shape index (κ1) is 13.1. The molecule has 0 saturated heterocycles.